The summed E-state index contributed by atoms with van der Waals surface area (Å²) < 4.78 is 17.0. The number of carbonyl (C=O) groups excluding carboxylic acids is 3. The fourth-order valence-electron chi connectivity index (χ4n) is 4.12. The van der Waals surface area contributed by atoms with Crippen molar-refractivity contribution in [3.05, 3.63) is 72.1 Å². The maximum Gasteiger partial charge on any atom is 0.419 e. The summed E-state index contributed by atoms with van der Waals surface area (Å²) in [6.07, 6.45) is -0.496. The average molecular weight is 535 g/mol. The van der Waals surface area contributed by atoms with Crippen LogP contribution in [0.5, 0.6) is 0 Å². The summed E-state index contributed by atoms with van der Waals surface area (Å²) in [6.45, 7) is 13.3. The Morgan fingerprint density at radius 1 is 0.821 bits per heavy atom. The molecule has 2 aromatic carbocycles. The smallest absolute Gasteiger partial charge is 0.419 e. The largest absolute Gasteiger partial charge is 0.465 e. The molecule has 2 aromatic heterocycles. The van der Waals surface area contributed by atoms with Crippen LogP contribution >= 0.6 is 0 Å². The predicted molar refractivity (Wildman–Crippen MR) is 152 cm³/mol. The lowest BCUT2D eigenvalue weighted by Crippen LogP contribution is -2.29. The molecular formula is C31H38N2O6. The number of carbonyl (C=O) groups is 3. The molecule has 0 bridgehead atoms. The Kier molecular flexibility index (Phi) is 9.56. The molecule has 2 unspecified atom stereocenters. The Balaban J connectivity index is 0.000000230. The van der Waals surface area contributed by atoms with E-state index in [1.54, 1.807) is 13.8 Å². The van der Waals surface area contributed by atoms with Gasteiger partial charge < -0.3 is 19.2 Å². The number of fused-ring (bicyclic) bond motifs is 2. The number of nitrogens with one attached hydrogen (secondary N) is 1. The van der Waals surface area contributed by atoms with Crippen molar-refractivity contribution in [1.29, 1.82) is 0 Å². The van der Waals surface area contributed by atoms with E-state index in [9.17, 15) is 14.4 Å². The van der Waals surface area contributed by atoms with Crippen molar-refractivity contribution < 1.29 is 28.6 Å². The zero-order chi connectivity index (χ0) is 28.7. The molecule has 0 aliphatic rings. The zero-order valence-corrected chi connectivity index (χ0v) is 23.7. The Morgan fingerprint density at radius 2 is 1.38 bits per heavy atom. The monoisotopic (exact) mass is 534 g/mol. The van der Waals surface area contributed by atoms with Crippen LogP contribution in [0, 0.1) is 0 Å². The van der Waals surface area contributed by atoms with Gasteiger partial charge in [0.2, 0.25) is 0 Å². The van der Waals surface area contributed by atoms with Crippen molar-refractivity contribution in [3.63, 3.8) is 0 Å². The van der Waals surface area contributed by atoms with Crippen LogP contribution in [0.3, 0.4) is 0 Å². The second-order valence-corrected chi connectivity index (χ2v) is 10.2. The summed E-state index contributed by atoms with van der Waals surface area (Å²) in [7, 11) is 0. The fourth-order valence-corrected chi connectivity index (χ4v) is 4.12. The molecule has 2 atom stereocenters. The Labute approximate surface area is 229 Å². The molecule has 0 radical (unpaired) electrons. The molecule has 1 N–H and O–H groups in total. The number of aromatic amines is 1. The van der Waals surface area contributed by atoms with Gasteiger partial charge in [0, 0.05) is 22.3 Å². The lowest BCUT2D eigenvalue weighted by atomic mass is 10.1. The number of aromatic nitrogens is 2. The van der Waals surface area contributed by atoms with E-state index in [1.807, 2.05) is 95.3 Å². The third-order valence-corrected chi connectivity index (χ3v) is 6.06. The molecule has 0 fully saturated rings. The first-order chi connectivity index (χ1) is 18.5. The number of hydrogen-bond donors (Lipinski definition) is 1. The summed E-state index contributed by atoms with van der Waals surface area (Å²) in [5, 5.41) is 2.00. The van der Waals surface area contributed by atoms with Crippen LogP contribution in [0.25, 0.3) is 21.8 Å². The van der Waals surface area contributed by atoms with Gasteiger partial charge in [-0.3, -0.25) is 9.59 Å². The minimum absolute atomic E-state index is 0.186. The van der Waals surface area contributed by atoms with Crippen molar-refractivity contribution in [2.45, 2.75) is 65.9 Å². The quantitative estimate of drug-likeness (QED) is 0.213. The average Bonchev–Trinajstić information content (AvgIpc) is 3.49. The summed E-state index contributed by atoms with van der Waals surface area (Å²) in [5.41, 5.74) is 2.62. The van der Waals surface area contributed by atoms with Crippen LogP contribution in [0.15, 0.2) is 60.7 Å². The number of nitrogens with zero attached hydrogens (tertiary/aromatic N) is 1. The second-order valence-electron chi connectivity index (χ2n) is 10.2. The van der Waals surface area contributed by atoms with Crippen LogP contribution in [-0.4, -0.2) is 46.4 Å². The van der Waals surface area contributed by atoms with Gasteiger partial charge in [-0.15, -0.1) is 0 Å². The molecule has 0 saturated heterocycles. The highest BCUT2D eigenvalue weighted by atomic mass is 16.6. The van der Waals surface area contributed by atoms with E-state index in [0.29, 0.717) is 24.4 Å². The molecule has 0 spiro atoms. The Morgan fingerprint density at radius 3 is 1.97 bits per heavy atom. The molecule has 8 heteroatoms. The number of para-hydroxylation sites is 2. The molecule has 8 nitrogen and oxygen atoms in total. The number of benzene rings is 2. The molecule has 39 heavy (non-hydrogen) atoms. The van der Waals surface area contributed by atoms with Gasteiger partial charge in [-0.05, 0) is 78.1 Å². The SMILES string of the molecule is CCOC(=O)C(C)c1cc2ccccc2[nH]1.CCOC(=O)C(C)c1cc2ccccc2n1C(=O)OC(C)(C)C. The van der Waals surface area contributed by atoms with Crippen LogP contribution < -0.4 is 0 Å². The normalized spacial score (nSPS) is 12.8. The minimum atomic E-state index is -0.618. The van der Waals surface area contributed by atoms with E-state index in [2.05, 4.69) is 4.98 Å². The molecule has 0 aliphatic heterocycles. The van der Waals surface area contributed by atoms with E-state index in [4.69, 9.17) is 14.2 Å². The molecule has 4 rings (SSSR count). The van der Waals surface area contributed by atoms with E-state index in [0.717, 1.165) is 22.0 Å². The van der Waals surface area contributed by atoms with Gasteiger partial charge in [0.1, 0.15) is 5.60 Å². The summed E-state index contributed by atoms with van der Waals surface area (Å²) >= 11 is 0. The second kappa shape index (κ2) is 12.7. The van der Waals surface area contributed by atoms with Crippen molar-refractivity contribution in [2.75, 3.05) is 13.2 Å². The highest BCUT2D eigenvalue weighted by Crippen LogP contribution is 2.28. The van der Waals surface area contributed by atoms with Crippen molar-refractivity contribution >= 4 is 39.8 Å². The maximum absolute atomic E-state index is 12.6. The van der Waals surface area contributed by atoms with Crippen molar-refractivity contribution in [2.24, 2.45) is 0 Å². The lowest BCUT2D eigenvalue weighted by molar-refractivity contribution is -0.145. The van der Waals surface area contributed by atoms with Gasteiger partial charge in [0.25, 0.3) is 0 Å². The topological polar surface area (TPSA) is 99.6 Å². The first-order valence-electron chi connectivity index (χ1n) is 13.2. The maximum atomic E-state index is 12.6. The predicted octanol–water partition coefficient (Wildman–Crippen LogP) is 6.93. The molecular weight excluding hydrogens is 496 g/mol. The van der Waals surface area contributed by atoms with E-state index >= 15 is 0 Å². The van der Waals surface area contributed by atoms with Gasteiger partial charge in [-0.25, -0.2) is 9.36 Å². The number of rotatable bonds is 6. The van der Waals surface area contributed by atoms with E-state index < -0.39 is 17.6 Å². The standard InChI is InChI=1S/C18H23NO4.C13H15NO2/c1-6-22-16(20)12(2)15-11-13-9-7-8-10-14(13)19(15)17(21)23-18(3,4)5;1-3-16-13(15)9(2)12-8-10-6-4-5-7-11(10)14-12/h7-12H,6H2,1-5H3;4-9,14H,3H2,1-2H3. The lowest BCUT2D eigenvalue weighted by Gasteiger charge is -2.22. The molecule has 4 aromatic rings. The zero-order valence-electron chi connectivity index (χ0n) is 23.7. The molecule has 0 aliphatic carbocycles. The van der Waals surface area contributed by atoms with Crippen molar-refractivity contribution in [1.82, 2.24) is 9.55 Å². The van der Waals surface area contributed by atoms with E-state index in [-0.39, 0.29) is 17.9 Å². The Bertz CT molecular complexity index is 1410. The molecule has 0 amide bonds. The third-order valence-electron chi connectivity index (χ3n) is 6.06. The van der Waals surface area contributed by atoms with Gasteiger partial charge in [-0.1, -0.05) is 36.4 Å². The van der Waals surface area contributed by atoms with E-state index in [1.165, 1.54) is 4.57 Å². The van der Waals surface area contributed by atoms with Gasteiger partial charge >= 0.3 is 18.0 Å². The van der Waals surface area contributed by atoms with Crippen LogP contribution in [0.4, 0.5) is 4.79 Å². The number of ether oxygens (including phenoxy) is 3. The number of hydrogen-bond acceptors (Lipinski definition) is 6. The molecule has 0 saturated carbocycles. The van der Waals surface area contributed by atoms with Gasteiger partial charge in [-0.2, -0.15) is 0 Å². The van der Waals surface area contributed by atoms with Crippen molar-refractivity contribution in [3.8, 4) is 0 Å². The number of H-pyrrole nitrogens is 1. The van der Waals surface area contributed by atoms with Crippen LogP contribution in [0.2, 0.25) is 0 Å². The fraction of sp³-hybridized carbons (Fsp3) is 0.387. The van der Waals surface area contributed by atoms with Crippen LogP contribution in [0.1, 0.15) is 71.7 Å². The van der Waals surface area contributed by atoms with Crippen LogP contribution in [-0.2, 0) is 23.8 Å². The van der Waals surface area contributed by atoms with Gasteiger partial charge in [0.15, 0.2) is 0 Å². The first-order valence-corrected chi connectivity index (χ1v) is 13.2. The minimum Gasteiger partial charge on any atom is -0.465 e. The third kappa shape index (κ3) is 7.28. The highest BCUT2D eigenvalue weighted by Gasteiger charge is 2.27. The highest BCUT2D eigenvalue weighted by molar-refractivity contribution is 5.93. The number of esters is 2. The summed E-state index contributed by atoms with van der Waals surface area (Å²) in [4.78, 5) is 39.5. The molecule has 2 heterocycles. The summed E-state index contributed by atoms with van der Waals surface area (Å²) in [5.74, 6) is -1.35. The Hall–Kier alpha value is -4.07. The van der Waals surface area contributed by atoms with Gasteiger partial charge in [0.05, 0.1) is 30.6 Å². The summed E-state index contributed by atoms with van der Waals surface area (Å²) in [6, 6.07) is 19.3. The molecule has 208 valence electrons. The first kappa shape index (κ1) is 29.5.